The number of hydrogen-bond donors (Lipinski definition) is 0. The number of nitrogens with zero attached hydrogens (tertiary/aromatic N) is 1. The molecule has 1 aromatic heterocycles. The number of aromatic nitrogens is 1. The molecular weight excluding hydrogens is 221 g/mol. The molecule has 0 aliphatic rings. The van der Waals surface area contributed by atoms with Crippen LogP contribution in [0.3, 0.4) is 0 Å². The topological polar surface area (TPSA) is 12.9 Å². The van der Waals surface area contributed by atoms with Gasteiger partial charge in [0.15, 0.2) is 5.82 Å². The van der Waals surface area contributed by atoms with Crippen molar-refractivity contribution in [3.8, 4) is 0 Å². The van der Waals surface area contributed by atoms with Gasteiger partial charge >= 0.3 is 0 Å². The molecule has 0 fully saturated rings. The molecule has 3 heteroatoms. The van der Waals surface area contributed by atoms with Crippen molar-refractivity contribution in [2.45, 2.75) is 17.7 Å². The summed E-state index contributed by atoms with van der Waals surface area (Å²) in [5.74, 6) is 0.509. The first kappa shape index (κ1) is 11.1. The molecule has 0 radical (unpaired) electrons. The maximum Gasteiger partial charge on any atom is 0.155 e. The van der Waals surface area contributed by atoms with Gasteiger partial charge in [-0.25, -0.2) is 9.37 Å². The van der Waals surface area contributed by atoms with Gasteiger partial charge in [0, 0.05) is 11.9 Å². The normalized spacial score (nSPS) is 10.4. The largest absolute Gasteiger partial charge is 0.247 e. The lowest BCUT2D eigenvalue weighted by molar-refractivity contribution is 0.586. The summed E-state index contributed by atoms with van der Waals surface area (Å²) in [5.41, 5.74) is 2.02. The van der Waals surface area contributed by atoms with Gasteiger partial charge in [0.25, 0.3) is 0 Å². The highest BCUT2D eigenvalue weighted by atomic mass is 32.2. The van der Waals surface area contributed by atoms with Gasteiger partial charge in [-0.15, -0.1) is 0 Å². The number of pyridine rings is 1. The first-order valence-electron chi connectivity index (χ1n) is 5.04. The maximum atomic E-state index is 13.5. The van der Waals surface area contributed by atoms with Crippen molar-refractivity contribution in [3.05, 3.63) is 59.5 Å². The molecule has 0 bridgehead atoms. The van der Waals surface area contributed by atoms with Gasteiger partial charge in [-0.3, -0.25) is 0 Å². The van der Waals surface area contributed by atoms with Gasteiger partial charge in [-0.2, -0.15) is 0 Å². The second kappa shape index (κ2) is 5.12. The highest BCUT2D eigenvalue weighted by Gasteiger charge is 2.04. The van der Waals surface area contributed by atoms with Crippen molar-refractivity contribution in [1.82, 2.24) is 4.98 Å². The van der Waals surface area contributed by atoms with E-state index in [2.05, 4.69) is 4.98 Å². The Hall–Kier alpha value is -1.35. The molecule has 0 amide bonds. The molecule has 0 saturated carbocycles. The number of thioether (sulfide) groups is 1. The zero-order chi connectivity index (χ0) is 11.4. The average molecular weight is 233 g/mol. The van der Waals surface area contributed by atoms with E-state index in [1.165, 1.54) is 23.4 Å². The Bertz CT molecular complexity index is 471. The third-order valence-corrected chi connectivity index (χ3v) is 3.21. The number of rotatable bonds is 3. The summed E-state index contributed by atoms with van der Waals surface area (Å²) in [7, 11) is 0. The van der Waals surface area contributed by atoms with Crippen molar-refractivity contribution in [2.24, 2.45) is 0 Å². The van der Waals surface area contributed by atoms with Crippen LogP contribution in [-0.2, 0) is 5.75 Å². The summed E-state index contributed by atoms with van der Waals surface area (Å²) in [6.45, 7) is 1.84. The van der Waals surface area contributed by atoms with E-state index in [9.17, 15) is 4.39 Å². The average Bonchev–Trinajstić information content (AvgIpc) is 2.29. The molecule has 1 aromatic carbocycles. The van der Waals surface area contributed by atoms with Crippen LogP contribution in [0.2, 0.25) is 0 Å². The first-order valence-corrected chi connectivity index (χ1v) is 6.03. The molecule has 0 spiro atoms. The van der Waals surface area contributed by atoms with Gasteiger partial charge < -0.3 is 0 Å². The van der Waals surface area contributed by atoms with Crippen LogP contribution in [-0.4, -0.2) is 4.98 Å². The highest BCUT2D eigenvalue weighted by Crippen LogP contribution is 2.23. The molecule has 2 aromatic rings. The van der Waals surface area contributed by atoms with Crippen molar-refractivity contribution >= 4 is 11.8 Å². The monoisotopic (exact) mass is 233 g/mol. The fraction of sp³-hybridized carbons (Fsp3) is 0.154. The number of aryl methyl sites for hydroxylation is 1. The summed E-state index contributed by atoms with van der Waals surface area (Å²) in [4.78, 5) is 4.08. The second-order valence-electron chi connectivity index (χ2n) is 3.57. The van der Waals surface area contributed by atoms with E-state index in [0.29, 0.717) is 5.03 Å². The third-order valence-electron chi connectivity index (χ3n) is 2.16. The van der Waals surface area contributed by atoms with E-state index < -0.39 is 0 Å². The van der Waals surface area contributed by atoms with Crippen LogP contribution < -0.4 is 0 Å². The first-order chi connectivity index (χ1) is 7.75. The summed E-state index contributed by atoms with van der Waals surface area (Å²) in [6.07, 6.45) is 1.69. The van der Waals surface area contributed by atoms with Crippen LogP contribution in [0.5, 0.6) is 0 Å². The highest BCUT2D eigenvalue weighted by molar-refractivity contribution is 7.98. The SMILES string of the molecule is Cc1cnc(SCc2ccccc2)c(F)c1. The molecule has 0 unspecified atom stereocenters. The lowest BCUT2D eigenvalue weighted by Gasteiger charge is -2.03. The van der Waals surface area contributed by atoms with Crippen LogP contribution >= 0.6 is 11.8 Å². The Kier molecular flexibility index (Phi) is 3.57. The molecule has 2 rings (SSSR count). The van der Waals surface area contributed by atoms with Crippen LogP contribution in [0.15, 0.2) is 47.6 Å². The quantitative estimate of drug-likeness (QED) is 0.747. The summed E-state index contributed by atoms with van der Waals surface area (Å²) in [5, 5.41) is 0.467. The van der Waals surface area contributed by atoms with Crippen molar-refractivity contribution in [1.29, 1.82) is 0 Å². The molecule has 0 N–H and O–H groups in total. The summed E-state index contributed by atoms with van der Waals surface area (Å²) >= 11 is 1.42. The molecule has 1 heterocycles. The van der Waals surface area contributed by atoms with E-state index in [-0.39, 0.29) is 5.82 Å². The molecule has 82 valence electrons. The molecule has 0 aliphatic carbocycles. The Balaban J connectivity index is 2.05. The fourth-order valence-corrected chi connectivity index (χ4v) is 2.17. The predicted molar refractivity (Wildman–Crippen MR) is 64.9 cm³/mol. The van der Waals surface area contributed by atoms with Gasteiger partial charge in [0.05, 0.1) is 0 Å². The second-order valence-corrected chi connectivity index (χ2v) is 4.54. The van der Waals surface area contributed by atoms with Gasteiger partial charge in [0.1, 0.15) is 5.03 Å². The van der Waals surface area contributed by atoms with Crippen LogP contribution in [0.1, 0.15) is 11.1 Å². The van der Waals surface area contributed by atoms with Gasteiger partial charge in [-0.05, 0) is 24.1 Å². The van der Waals surface area contributed by atoms with E-state index >= 15 is 0 Å². The van der Waals surface area contributed by atoms with E-state index in [1.54, 1.807) is 6.20 Å². The lowest BCUT2D eigenvalue weighted by Crippen LogP contribution is -1.89. The molecule has 0 atom stereocenters. The minimum absolute atomic E-state index is 0.235. The zero-order valence-electron chi connectivity index (χ0n) is 8.98. The van der Waals surface area contributed by atoms with Crippen molar-refractivity contribution in [3.63, 3.8) is 0 Å². The predicted octanol–water partition coefficient (Wildman–Crippen LogP) is 3.82. The summed E-state index contributed by atoms with van der Waals surface area (Å²) < 4.78 is 13.5. The minimum atomic E-state index is -0.235. The molecule has 0 aliphatic heterocycles. The molecule has 16 heavy (non-hydrogen) atoms. The van der Waals surface area contributed by atoms with Crippen LogP contribution in [0, 0.1) is 12.7 Å². The van der Waals surface area contributed by atoms with E-state index in [1.807, 2.05) is 37.3 Å². The van der Waals surface area contributed by atoms with Crippen LogP contribution in [0.25, 0.3) is 0 Å². The Morgan fingerprint density at radius 1 is 1.25 bits per heavy atom. The molecular formula is C13H12FNS. The molecule has 0 saturated heterocycles. The fourth-order valence-electron chi connectivity index (χ4n) is 1.35. The summed E-state index contributed by atoms with van der Waals surface area (Å²) in [6, 6.07) is 11.5. The molecule has 1 nitrogen and oxygen atoms in total. The number of halogens is 1. The minimum Gasteiger partial charge on any atom is -0.247 e. The van der Waals surface area contributed by atoms with E-state index in [4.69, 9.17) is 0 Å². The standard InChI is InChI=1S/C13H12FNS/c1-10-7-12(14)13(15-8-10)16-9-11-5-3-2-4-6-11/h2-8H,9H2,1H3. The Morgan fingerprint density at radius 2 is 2.00 bits per heavy atom. The Labute approximate surface area is 98.7 Å². The number of benzene rings is 1. The zero-order valence-corrected chi connectivity index (χ0v) is 9.80. The third kappa shape index (κ3) is 2.83. The van der Waals surface area contributed by atoms with Crippen molar-refractivity contribution in [2.75, 3.05) is 0 Å². The Morgan fingerprint density at radius 3 is 2.69 bits per heavy atom. The smallest absolute Gasteiger partial charge is 0.155 e. The van der Waals surface area contributed by atoms with E-state index in [0.717, 1.165) is 11.3 Å². The lowest BCUT2D eigenvalue weighted by atomic mass is 10.2. The number of hydrogen-bond acceptors (Lipinski definition) is 2. The maximum absolute atomic E-state index is 13.5. The van der Waals surface area contributed by atoms with Crippen molar-refractivity contribution < 1.29 is 4.39 Å². The van der Waals surface area contributed by atoms with Crippen LogP contribution in [0.4, 0.5) is 4.39 Å². The van der Waals surface area contributed by atoms with Gasteiger partial charge in [0.2, 0.25) is 0 Å². The van der Waals surface area contributed by atoms with Gasteiger partial charge in [-0.1, -0.05) is 42.1 Å².